The van der Waals surface area contributed by atoms with Crippen LogP contribution in [-0.2, 0) is 40.9 Å². The Morgan fingerprint density at radius 3 is 2.41 bits per heavy atom. The van der Waals surface area contributed by atoms with Gasteiger partial charge < -0.3 is 25.2 Å². The number of oxime groups is 1. The molecule has 2 amide bonds. The number of ether oxygens (including phenoxy) is 1. The van der Waals surface area contributed by atoms with Crippen molar-refractivity contribution in [1.82, 2.24) is 14.6 Å². The summed E-state index contributed by atoms with van der Waals surface area (Å²) >= 11 is 0.962. The number of esters is 1. The molecule has 204 valence electrons. The van der Waals surface area contributed by atoms with Gasteiger partial charge in [0, 0.05) is 17.5 Å². The minimum atomic E-state index is -5.05. The number of thiazole rings is 1. The van der Waals surface area contributed by atoms with Gasteiger partial charge in [0.05, 0.1) is 11.0 Å². The molecule has 1 aromatic heterocycles. The second-order valence-electron chi connectivity index (χ2n) is 8.40. The van der Waals surface area contributed by atoms with Crippen LogP contribution in [0.1, 0.15) is 32.0 Å². The van der Waals surface area contributed by atoms with Gasteiger partial charge >= 0.3 is 35.5 Å². The third kappa shape index (κ3) is 7.49. The van der Waals surface area contributed by atoms with E-state index in [0.29, 0.717) is 5.56 Å². The number of rotatable bonds is 10. The zero-order chi connectivity index (χ0) is 28.4. The van der Waals surface area contributed by atoms with Gasteiger partial charge in [0.2, 0.25) is 5.60 Å². The molecule has 0 spiro atoms. The van der Waals surface area contributed by atoms with Gasteiger partial charge in [0.1, 0.15) is 18.3 Å². The van der Waals surface area contributed by atoms with Crippen LogP contribution >= 0.6 is 11.3 Å². The van der Waals surface area contributed by atoms with Crippen LogP contribution in [0.5, 0.6) is 0 Å². The number of nitro groups is 1. The Hall–Kier alpha value is -3.16. The van der Waals surface area contributed by atoms with E-state index >= 15 is 0 Å². The molecule has 39 heavy (non-hydrogen) atoms. The van der Waals surface area contributed by atoms with Gasteiger partial charge in [-0.1, -0.05) is 5.16 Å². The predicted octanol–water partition coefficient (Wildman–Crippen LogP) is -2.94. The summed E-state index contributed by atoms with van der Waals surface area (Å²) in [5, 5.41) is 18.2. The number of nitro benzene ring substituents is 1. The second-order valence-corrected chi connectivity index (χ2v) is 10.5. The zero-order valence-electron chi connectivity index (χ0n) is 21.0. The first kappa shape index (κ1) is 32.1. The number of nitrogens with one attached hydrogen (secondary N) is 1. The number of carbonyl (C=O) groups excluding carboxylic acids is 3. The minimum absolute atomic E-state index is 0. The van der Waals surface area contributed by atoms with Crippen LogP contribution in [0.3, 0.4) is 0 Å². The molecule has 3 N–H and O–H groups in total. The van der Waals surface area contributed by atoms with Crippen molar-refractivity contribution in [2.45, 2.75) is 45.1 Å². The number of nitrogens with zero attached hydrogens (tertiary/aromatic N) is 4. The van der Waals surface area contributed by atoms with E-state index in [1.54, 1.807) is 0 Å². The number of anilines is 1. The fraction of sp³-hybridized carbons (Fsp3) is 0.350. The van der Waals surface area contributed by atoms with E-state index in [9.17, 15) is 37.5 Å². The number of aromatic nitrogens is 1. The van der Waals surface area contributed by atoms with Crippen molar-refractivity contribution in [2.75, 3.05) is 5.73 Å². The van der Waals surface area contributed by atoms with Gasteiger partial charge in [0.25, 0.3) is 17.5 Å². The maximum Gasteiger partial charge on any atom is 1.00 e. The summed E-state index contributed by atoms with van der Waals surface area (Å²) in [5.74, 6) is -3.04. The van der Waals surface area contributed by atoms with Crippen molar-refractivity contribution in [1.29, 1.82) is 0 Å². The molecular weight excluding hydrogens is 571 g/mol. The molecule has 16 nitrogen and oxygen atoms in total. The molecule has 0 aliphatic carbocycles. The van der Waals surface area contributed by atoms with Crippen molar-refractivity contribution in [3.8, 4) is 0 Å². The summed E-state index contributed by atoms with van der Waals surface area (Å²) < 4.78 is 38.8. The average molecular weight is 593 g/mol. The van der Waals surface area contributed by atoms with Crippen LogP contribution in [0.4, 0.5) is 10.8 Å². The van der Waals surface area contributed by atoms with Gasteiger partial charge in [-0.3, -0.25) is 19.7 Å². The number of hydrogen-bond donors (Lipinski definition) is 2. The van der Waals surface area contributed by atoms with Gasteiger partial charge in [0.15, 0.2) is 21.1 Å². The molecule has 0 unspecified atom stereocenters. The number of nitrogen functional groups attached to an aromatic ring is 1. The number of β-lactam (4-membered cyclic amide) rings is 1. The Kier molecular flexibility index (Phi) is 10.1. The molecule has 2 heterocycles. The quantitative estimate of drug-likeness (QED) is 0.0536. The summed E-state index contributed by atoms with van der Waals surface area (Å²) in [6.45, 7) is 3.62. The second kappa shape index (κ2) is 12.3. The number of non-ortho nitro benzene ring substituents is 1. The van der Waals surface area contributed by atoms with Gasteiger partial charge in [-0.25, -0.2) is 22.5 Å². The molecule has 1 aromatic carbocycles. The Morgan fingerprint density at radius 2 is 1.92 bits per heavy atom. The maximum absolute atomic E-state index is 12.9. The number of nitrogens with two attached hydrogens (primary N) is 1. The third-order valence-electron chi connectivity index (χ3n) is 5.22. The monoisotopic (exact) mass is 592 g/mol. The van der Waals surface area contributed by atoms with E-state index in [2.05, 4.69) is 15.5 Å². The topological polar surface area (TPSA) is 237 Å². The molecule has 19 heteroatoms. The SMILES string of the molecule is C[C@@H]1[C@H](NC(=O)/C(=N\OC(C)(C)C(=O)OCc2ccc([N+](=O)[O-])cc2)c2csc(N)n2)C(=O)N1S(=O)(=O)[O-].[Na+]. The fourth-order valence-electron chi connectivity index (χ4n) is 3.14. The fourth-order valence-corrected chi connectivity index (χ4v) is 4.55. The molecular formula is C20H21N6NaO10S2. The third-order valence-corrected chi connectivity index (χ3v) is 6.88. The van der Waals surface area contributed by atoms with E-state index < -0.39 is 56.4 Å². The summed E-state index contributed by atoms with van der Waals surface area (Å²) in [7, 11) is -5.05. The smallest absolute Gasteiger partial charge is 0.731 e. The predicted molar refractivity (Wildman–Crippen MR) is 129 cm³/mol. The van der Waals surface area contributed by atoms with Gasteiger partial charge in [-0.05, 0) is 38.5 Å². The Morgan fingerprint density at radius 1 is 1.31 bits per heavy atom. The Labute approximate surface area is 247 Å². The molecule has 0 saturated carbocycles. The number of benzene rings is 1. The molecule has 2 aromatic rings. The standard InChI is InChI=1S/C20H22N6O10S2.Na/c1-10-14(17(28)25(10)38(32,33)34)23-16(27)15(13-9-37-19(21)22-13)24-36-20(2,3)18(29)35-8-11-4-6-12(7-5-11)26(30)31;/h4-7,9-10,14H,8H2,1-3H3,(H2,21,22)(H,23,27)(H,32,33,34);/q;+1/p-1/b24-15-;/t10-,14+;/m1./s1. The van der Waals surface area contributed by atoms with Crippen LogP contribution in [0.15, 0.2) is 34.8 Å². The van der Waals surface area contributed by atoms with Crippen LogP contribution in [0, 0.1) is 10.1 Å². The molecule has 0 bridgehead atoms. The molecule has 0 radical (unpaired) electrons. The van der Waals surface area contributed by atoms with Crippen LogP contribution in [-0.4, -0.2) is 68.4 Å². The van der Waals surface area contributed by atoms with Crippen molar-refractivity contribution < 1.29 is 71.4 Å². The van der Waals surface area contributed by atoms with Gasteiger partial charge in [-0.2, -0.15) is 0 Å². The normalized spacial score (nSPS) is 17.5. The van der Waals surface area contributed by atoms with Crippen molar-refractivity contribution in [2.24, 2.45) is 5.16 Å². The number of hydrogen-bond acceptors (Lipinski definition) is 14. The molecule has 1 aliphatic heterocycles. The molecule has 1 saturated heterocycles. The summed E-state index contributed by atoms with van der Waals surface area (Å²) in [6, 6.07) is 2.83. The molecule has 1 fully saturated rings. The summed E-state index contributed by atoms with van der Waals surface area (Å²) in [4.78, 5) is 57.0. The van der Waals surface area contributed by atoms with E-state index in [0.717, 1.165) is 11.3 Å². The summed E-state index contributed by atoms with van der Waals surface area (Å²) in [5.41, 5.74) is 3.67. The molecule has 1 aliphatic rings. The number of carbonyl (C=O) groups is 3. The summed E-state index contributed by atoms with van der Waals surface area (Å²) in [6.07, 6.45) is 0. The Balaban J connectivity index is 0.00000533. The zero-order valence-corrected chi connectivity index (χ0v) is 24.6. The first-order valence-corrected chi connectivity index (χ1v) is 12.8. The van der Waals surface area contributed by atoms with E-state index in [-0.39, 0.29) is 57.0 Å². The Bertz CT molecular complexity index is 1410. The average Bonchev–Trinajstić information content (AvgIpc) is 3.26. The van der Waals surface area contributed by atoms with Crippen molar-refractivity contribution in [3.05, 3.63) is 51.0 Å². The molecule has 3 rings (SSSR count). The van der Waals surface area contributed by atoms with Crippen LogP contribution in [0.25, 0.3) is 0 Å². The van der Waals surface area contributed by atoms with Crippen molar-refractivity contribution >= 4 is 56.0 Å². The van der Waals surface area contributed by atoms with Crippen LogP contribution in [0.2, 0.25) is 0 Å². The number of amides is 2. The minimum Gasteiger partial charge on any atom is -0.731 e. The van der Waals surface area contributed by atoms with E-state index in [1.165, 1.54) is 50.4 Å². The van der Waals surface area contributed by atoms with Crippen molar-refractivity contribution in [3.63, 3.8) is 0 Å². The molecule has 2 atom stereocenters. The largest absolute Gasteiger partial charge is 1.00 e. The van der Waals surface area contributed by atoms with E-state index in [1.807, 2.05) is 0 Å². The van der Waals surface area contributed by atoms with Gasteiger partial charge in [-0.15, -0.1) is 11.3 Å². The van der Waals surface area contributed by atoms with Crippen LogP contribution < -0.4 is 40.6 Å². The van der Waals surface area contributed by atoms with E-state index in [4.69, 9.17) is 15.3 Å². The first-order valence-electron chi connectivity index (χ1n) is 10.6. The first-order chi connectivity index (χ1) is 17.6. The maximum atomic E-state index is 12.9.